The van der Waals surface area contributed by atoms with Gasteiger partial charge in [0.05, 0.1) is 0 Å². The van der Waals surface area contributed by atoms with Crippen molar-refractivity contribution in [2.24, 2.45) is 0 Å². The molecule has 162 valence electrons. The summed E-state index contributed by atoms with van der Waals surface area (Å²) in [5.41, 5.74) is 5.36. The van der Waals surface area contributed by atoms with E-state index < -0.39 is 5.97 Å². The highest BCUT2D eigenvalue weighted by Crippen LogP contribution is 2.44. The fraction of sp³-hybridized carbons (Fsp3) is 0.444. The van der Waals surface area contributed by atoms with Crippen molar-refractivity contribution in [3.63, 3.8) is 0 Å². The third-order valence-corrected chi connectivity index (χ3v) is 5.46. The quantitative estimate of drug-likeness (QED) is 0.342. The van der Waals surface area contributed by atoms with Crippen LogP contribution >= 0.6 is 0 Å². The molecule has 0 aliphatic carbocycles. The third kappa shape index (κ3) is 4.95. The maximum atomic E-state index is 12.2. The minimum Gasteiger partial charge on any atom is -0.507 e. The second-order valence-electron chi connectivity index (χ2n) is 10.3. The summed E-state index contributed by atoms with van der Waals surface area (Å²) in [4.78, 5) is 12.2. The second-order valence-corrected chi connectivity index (χ2v) is 10.3. The Morgan fingerprint density at radius 1 is 0.933 bits per heavy atom. The molecule has 3 heteroatoms. The Hall–Kier alpha value is -2.55. The SMILES string of the molecule is C=CC(=O)Oc1c(C(C)c2cc(C)cc(C(C)(C)C)c2O)cc(C)cc1C(C)(C)C. The van der Waals surface area contributed by atoms with E-state index in [2.05, 4.69) is 54.2 Å². The van der Waals surface area contributed by atoms with Gasteiger partial charge in [-0.25, -0.2) is 4.79 Å². The molecule has 3 nitrogen and oxygen atoms in total. The lowest BCUT2D eigenvalue weighted by Gasteiger charge is -2.28. The molecule has 0 heterocycles. The monoisotopic (exact) mass is 408 g/mol. The first kappa shape index (κ1) is 23.7. The van der Waals surface area contributed by atoms with Gasteiger partial charge in [-0.1, -0.05) is 90.4 Å². The molecule has 0 fully saturated rings. The van der Waals surface area contributed by atoms with Crippen molar-refractivity contribution in [2.75, 3.05) is 0 Å². The van der Waals surface area contributed by atoms with E-state index in [-0.39, 0.29) is 16.7 Å². The van der Waals surface area contributed by atoms with Crippen molar-refractivity contribution >= 4 is 5.97 Å². The molecule has 2 aromatic carbocycles. The van der Waals surface area contributed by atoms with E-state index >= 15 is 0 Å². The van der Waals surface area contributed by atoms with Gasteiger partial charge >= 0.3 is 5.97 Å². The number of ether oxygens (including phenoxy) is 1. The molecule has 0 spiro atoms. The van der Waals surface area contributed by atoms with Crippen molar-refractivity contribution < 1.29 is 14.6 Å². The van der Waals surface area contributed by atoms with Gasteiger partial charge in [-0.15, -0.1) is 0 Å². The average Bonchev–Trinajstić information content (AvgIpc) is 2.61. The lowest BCUT2D eigenvalue weighted by atomic mass is 9.78. The number of phenolic OH excluding ortho intramolecular Hbond substituents is 1. The Kier molecular flexibility index (Phi) is 6.56. The summed E-state index contributed by atoms with van der Waals surface area (Å²) in [5, 5.41) is 11.2. The summed E-state index contributed by atoms with van der Waals surface area (Å²) in [5.74, 6) is 0.213. The first-order valence-electron chi connectivity index (χ1n) is 10.5. The standard InChI is InChI=1S/C27H36O3/c1-11-23(28)30-25-20(13-17(3)15-22(25)27(8,9)10)18(4)19-12-16(2)14-21(24(19)29)26(5,6)7/h11-15,18,29H,1H2,2-10H3. The number of rotatable bonds is 4. The van der Waals surface area contributed by atoms with Crippen LogP contribution in [0.2, 0.25) is 0 Å². The smallest absolute Gasteiger partial charge is 0.335 e. The molecule has 1 unspecified atom stereocenters. The van der Waals surface area contributed by atoms with Crippen LogP contribution in [0.3, 0.4) is 0 Å². The summed E-state index contributed by atoms with van der Waals surface area (Å²) in [7, 11) is 0. The average molecular weight is 409 g/mol. The van der Waals surface area contributed by atoms with Gasteiger partial charge in [-0.05, 0) is 30.2 Å². The largest absolute Gasteiger partial charge is 0.507 e. The summed E-state index contributed by atoms with van der Waals surface area (Å²) in [6, 6.07) is 8.18. The topological polar surface area (TPSA) is 46.5 Å². The molecule has 1 N–H and O–H groups in total. The summed E-state index contributed by atoms with van der Waals surface area (Å²) in [6.45, 7) is 22.3. The van der Waals surface area contributed by atoms with Crippen LogP contribution in [0.15, 0.2) is 36.9 Å². The molecule has 0 saturated heterocycles. The van der Waals surface area contributed by atoms with Gasteiger partial charge in [-0.3, -0.25) is 0 Å². The number of carbonyl (C=O) groups excluding carboxylic acids is 1. The summed E-state index contributed by atoms with van der Waals surface area (Å²) >= 11 is 0. The van der Waals surface area contributed by atoms with Gasteiger partial charge in [0.25, 0.3) is 0 Å². The van der Waals surface area contributed by atoms with Crippen molar-refractivity contribution in [2.45, 2.75) is 79.1 Å². The molecular weight excluding hydrogens is 372 g/mol. The Labute approximate surface area is 181 Å². The van der Waals surface area contributed by atoms with Crippen molar-refractivity contribution in [3.8, 4) is 11.5 Å². The van der Waals surface area contributed by atoms with E-state index in [1.54, 1.807) is 0 Å². The molecule has 0 aliphatic heterocycles. The molecule has 0 radical (unpaired) electrons. The van der Waals surface area contributed by atoms with Crippen LogP contribution in [0.1, 0.15) is 87.8 Å². The first-order chi connectivity index (χ1) is 13.7. The predicted molar refractivity (Wildman–Crippen MR) is 125 cm³/mol. The number of carbonyl (C=O) groups is 1. The third-order valence-electron chi connectivity index (χ3n) is 5.46. The van der Waals surface area contributed by atoms with Crippen molar-refractivity contribution in [1.82, 2.24) is 0 Å². The van der Waals surface area contributed by atoms with Gasteiger partial charge in [0, 0.05) is 28.7 Å². The molecule has 0 aromatic heterocycles. The van der Waals surface area contributed by atoms with Gasteiger partial charge in [0.1, 0.15) is 11.5 Å². The molecule has 0 aliphatic rings. The maximum Gasteiger partial charge on any atom is 0.335 e. The molecular formula is C27H36O3. The van der Waals surface area contributed by atoms with Crippen LogP contribution < -0.4 is 4.74 Å². The van der Waals surface area contributed by atoms with E-state index in [9.17, 15) is 9.90 Å². The molecule has 0 amide bonds. The van der Waals surface area contributed by atoms with Crippen LogP contribution in [-0.2, 0) is 15.6 Å². The normalized spacial score (nSPS) is 13.1. The molecule has 0 saturated carbocycles. The Morgan fingerprint density at radius 3 is 1.87 bits per heavy atom. The van der Waals surface area contributed by atoms with Gasteiger partial charge in [0.15, 0.2) is 0 Å². The highest BCUT2D eigenvalue weighted by molar-refractivity contribution is 5.84. The van der Waals surface area contributed by atoms with E-state index in [1.165, 1.54) is 6.08 Å². The Balaban J connectivity index is 2.81. The van der Waals surface area contributed by atoms with E-state index in [0.29, 0.717) is 11.5 Å². The van der Waals surface area contributed by atoms with E-state index in [1.807, 2.05) is 39.0 Å². The Morgan fingerprint density at radius 2 is 1.40 bits per heavy atom. The number of phenols is 1. The Bertz CT molecular complexity index is 969. The molecule has 30 heavy (non-hydrogen) atoms. The highest BCUT2D eigenvalue weighted by Gasteiger charge is 2.29. The maximum absolute atomic E-state index is 12.2. The first-order valence-corrected chi connectivity index (χ1v) is 10.5. The zero-order valence-electron chi connectivity index (χ0n) is 19.9. The second kappa shape index (κ2) is 8.29. The zero-order chi connectivity index (χ0) is 23.0. The minimum absolute atomic E-state index is 0.167. The minimum atomic E-state index is -0.485. The lowest BCUT2D eigenvalue weighted by Crippen LogP contribution is -2.18. The number of benzene rings is 2. The van der Waals surface area contributed by atoms with Crippen molar-refractivity contribution in [1.29, 1.82) is 0 Å². The fourth-order valence-electron chi connectivity index (χ4n) is 3.81. The summed E-state index contributed by atoms with van der Waals surface area (Å²) in [6.07, 6.45) is 1.18. The van der Waals surface area contributed by atoms with Crippen LogP contribution in [0.25, 0.3) is 0 Å². The van der Waals surface area contributed by atoms with Crippen molar-refractivity contribution in [3.05, 3.63) is 70.3 Å². The summed E-state index contributed by atoms with van der Waals surface area (Å²) < 4.78 is 5.78. The van der Waals surface area contributed by atoms with Crippen LogP contribution in [0.5, 0.6) is 11.5 Å². The number of hydrogen-bond donors (Lipinski definition) is 1. The molecule has 2 rings (SSSR count). The van der Waals surface area contributed by atoms with Crippen LogP contribution in [-0.4, -0.2) is 11.1 Å². The number of esters is 1. The number of hydrogen-bond acceptors (Lipinski definition) is 3. The van der Waals surface area contributed by atoms with Gasteiger partial charge in [-0.2, -0.15) is 0 Å². The van der Waals surface area contributed by atoms with Gasteiger partial charge in [0.2, 0.25) is 0 Å². The zero-order valence-corrected chi connectivity index (χ0v) is 19.9. The van der Waals surface area contributed by atoms with Crippen LogP contribution in [0, 0.1) is 13.8 Å². The molecule has 1 atom stereocenters. The van der Waals surface area contributed by atoms with Gasteiger partial charge < -0.3 is 9.84 Å². The molecule has 0 bridgehead atoms. The fourth-order valence-corrected chi connectivity index (χ4v) is 3.81. The molecule has 2 aromatic rings. The number of aromatic hydroxyl groups is 1. The predicted octanol–water partition coefficient (Wildman–Crippen LogP) is 6.85. The van der Waals surface area contributed by atoms with E-state index in [0.717, 1.165) is 33.4 Å². The van der Waals surface area contributed by atoms with Crippen LogP contribution in [0.4, 0.5) is 0 Å². The highest BCUT2D eigenvalue weighted by atomic mass is 16.5. The number of aryl methyl sites for hydroxylation is 2. The lowest BCUT2D eigenvalue weighted by molar-refractivity contribution is -0.129. The van der Waals surface area contributed by atoms with E-state index in [4.69, 9.17) is 4.74 Å².